The van der Waals surface area contributed by atoms with Gasteiger partial charge in [0.2, 0.25) is 0 Å². The number of carbonyl (C=O) groups excluding carboxylic acids is 1. The van der Waals surface area contributed by atoms with Crippen LogP contribution in [0.3, 0.4) is 0 Å². The summed E-state index contributed by atoms with van der Waals surface area (Å²) in [6.07, 6.45) is 4.72. The van der Waals surface area contributed by atoms with Gasteiger partial charge in [0.25, 0.3) is 0 Å². The van der Waals surface area contributed by atoms with E-state index >= 15 is 0 Å². The molecule has 4 atom stereocenters. The summed E-state index contributed by atoms with van der Waals surface area (Å²) in [7, 11) is 2.15. The predicted octanol–water partition coefficient (Wildman–Crippen LogP) is 3.21. The zero-order chi connectivity index (χ0) is 25.2. The molecule has 0 amide bonds. The van der Waals surface area contributed by atoms with Gasteiger partial charge in [-0.15, -0.1) is 0 Å². The second-order valence-electron chi connectivity index (χ2n) is 10.3. The fourth-order valence-electron chi connectivity index (χ4n) is 6.20. The van der Waals surface area contributed by atoms with Crippen molar-refractivity contribution in [2.75, 3.05) is 51.3 Å². The number of ether oxygens (including phenoxy) is 1. The molecule has 2 unspecified atom stereocenters. The molecule has 2 aromatic rings. The van der Waals surface area contributed by atoms with Gasteiger partial charge in [-0.2, -0.15) is 0 Å². The van der Waals surface area contributed by atoms with Crippen LogP contribution in [0.4, 0.5) is 5.82 Å². The van der Waals surface area contributed by atoms with Gasteiger partial charge in [0, 0.05) is 56.0 Å². The highest BCUT2D eigenvalue weighted by Gasteiger charge is 2.39. The number of hydrogen-bond donors (Lipinski definition) is 1. The molecule has 5 rings (SSSR count). The molecule has 0 radical (unpaired) electrons. The summed E-state index contributed by atoms with van der Waals surface area (Å²) in [5.41, 5.74) is 2.84. The maximum absolute atomic E-state index is 12.6. The number of nitrogens with zero attached hydrogens (tertiary/aromatic N) is 5. The minimum atomic E-state index is -0.511. The SMILES string of the molecule is C[C@@H]1C[C@H](O)c2ncnc(N3CCN(C(C(C=O)c4ccc(Cl)cc4)N(C)C4CCOCC4)CC3)c21. The van der Waals surface area contributed by atoms with E-state index < -0.39 is 6.10 Å². The highest BCUT2D eigenvalue weighted by atomic mass is 35.5. The minimum absolute atomic E-state index is 0.0641. The Kier molecular flexibility index (Phi) is 7.88. The van der Waals surface area contributed by atoms with Gasteiger partial charge in [-0.05, 0) is 49.9 Å². The van der Waals surface area contributed by atoms with Gasteiger partial charge in [0.05, 0.1) is 23.9 Å². The molecule has 1 aromatic heterocycles. The number of piperazine rings is 1. The number of fused-ring (bicyclic) bond motifs is 1. The number of anilines is 1. The van der Waals surface area contributed by atoms with Crippen molar-refractivity contribution in [2.24, 2.45) is 0 Å². The molecule has 0 saturated carbocycles. The van der Waals surface area contributed by atoms with Gasteiger partial charge in [-0.3, -0.25) is 9.80 Å². The molecule has 8 nitrogen and oxygen atoms in total. The number of carbonyl (C=O) groups is 1. The highest BCUT2D eigenvalue weighted by molar-refractivity contribution is 6.30. The van der Waals surface area contributed by atoms with Crippen molar-refractivity contribution in [1.29, 1.82) is 0 Å². The Labute approximate surface area is 218 Å². The Bertz CT molecular complexity index is 1040. The summed E-state index contributed by atoms with van der Waals surface area (Å²) in [6.45, 7) is 6.87. The molecular formula is C27H36ClN5O3. The van der Waals surface area contributed by atoms with Crippen LogP contribution < -0.4 is 4.90 Å². The van der Waals surface area contributed by atoms with E-state index in [-0.39, 0.29) is 18.0 Å². The third-order valence-electron chi connectivity index (χ3n) is 8.17. The molecule has 2 aliphatic heterocycles. The Balaban J connectivity index is 1.38. The highest BCUT2D eigenvalue weighted by Crippen LogP contribution is 2.43. The molecule has 9 heteroatoms. The summed E-state index contributed by atoms with van der Waals surface area (Å²) in [5, 5.41) is 11.1. The third-order valence-corrected chi connectivity index (χ3v) is 8.43. The van der Waals surface area contributed by atoms with Crippen molar-refractivity contribution in [3.05, 3.63) is 52.4 Å². The normalized spacial score (nSPS) is 25.1. The Morgan fingerprint density at radius 3 is 2.50 bits per heavy atom. The van der Waals surface area contributed by atoms with E-state index in [1.54, 1.807) is 6.33 Å². The number of likely N-dealkylation sites (N-methyl/N-ethyl adjacent to an activating group) is 1. The zero-order valence-corrected chi connectivity index (χ0v) is 21.8. The molecule has 2 saturated heterocycles. The number of aldehydes is 1. The van der Waals surface area contributed by atoms with Crippen molar-refractivity contribution in [1.82, 2.24) is 19.8 Å². The van der Waals surface area contributed by atoms with E-state index in [9.17, 15) is 9.90 Å². The van der Waals surface area contributed by atoms with Crippen LogP contribution >= 0.6 is 11.6 Å². The molecule has 0 spiro atoms. The lowest BCUT2D eigenvalue weighted by Crippen LogP contribution is -2.60. The quantitative estimate of drug-likeness (QED) is 0.565. The van der Waals surface area contributed by atoms with E-state index in [1.807, 2.05) is 24.3 Å². The Morgan fingerprint density at radius 2 is 1.83 bits per heavy atom. The minimum Gasteiger partial charge on any atom is -0.387 e. The average Bonchev–Trinajstić information content (AvgIpc) is 3.21. The number of halogens is 1. The van der Waals surface area contributed by atoms with Crippen LogP contribution in [0.25, 0.3) is 0 Å². The van der Waals surface area contributed by atoms with Gasteiger partial charge in [-0.25, -0.2) is 9.97 Å². The average molecular weight is 514 g/mol. The molecule has 1 aliphatic carbocycles. The van der Waals surface area contributed by atoms with Gasteiger partial charge in [0.15, 0.2) is 0 Å². The smallest absolute Gasteiger partial charge is 0.135 e. The van der Waals surface area contributed by atoms with E-state index in [4.69, 9.17) is 16.3 Å². The van der Waals surface area contributed by atoms with Gasteiger partial charge >= 0.3 is 0 Å². The summed E-state index contributed by atoms with van der Waals surface area (Å²) in [6, 6.07) is 8.03. The van der Waals surface area contributed by atoms with Crippen LogP contribution in [0.15, 0.2) is 30.6 Å². The number of rotatable bonds is 7. The molecule has 36 heavy (non-hydrogen) atoms. The van der Waals surface area contributed by atoms with Crippen LogP contribution in [0.5, 0.6) is 0 Å². The summed E-state index contributed by atoms with van der Waals surface area (Å²) < 4.78 is 5.61. The number of aromatic nitrogens is 2. The topological polar surface area (TPSA) is 82.0 Å². The standard InChI is InChI=1S/C27H36ClN5O3/c1-18-15-23(35)25-24(18)26(30-17-29-25)32-9-11-33(12-10-32)27(31(2)21-7-13-36-14-8-21)22(16-34)19-3-5-20(28)6-4-19/h3-6,16-18,21-23,27,35H,7-15H2,1-2H3/t18-,22?,23+,27?/m1/s1. The number of benzene rings is 1. The van der Waals surface area contributed by atoms with E-state index in [2.05, 4.69) is 38.6 Å². The second-order valence-corrected chi connectivity index (χ2v) is 10.7. The summed E-state index contributed by atoms with van der Waals surface area (Å²) >= 11 is 6.15. The van der Waals surface area contributed by atoms with E-state index in [1.165, 1.54) is 0 Å². The van der Waals surface area contributed by atoms with Crippen LogP contribution in [-0.2, 0) is 9.53 Å². The molecule has 2 fully saturated rings. The predicted molar refractivity (Wildman–Crippen MR) is 139 cm³/mol. The van der Waals surface area contributed by atoms with Crippen LogP contribution in [0, 0.1) is 0 Å². The zero-order valence-electron chi connectivity index (χ0n) is 21.1. The molecule has 3 aliphatic rings. The lowest BCUT2D eigenvalue weighted by atomic mass is 9.93. The van der Waals surface area contributed by atoms with Crippen LogP contribution in [0.2, 0.25) is 5.02 Å². The molecule has 0 bridgehead atoms. The van der Waals surface area contributed by atoms with Gasteiger partial charge < -0.3 is 19.5 Å². The monoisotopic (exact) mass is 513 g/mol. The van der Waals surface area contributed by atoms with E-state index in [0.717, 1.165) is 81.2 Å². The molecule has 194 valence electrons. The molecule has 3 heterocycles. The molecular weight excluding hydrogens is 478 g/mol. The van der Waals surface area contributed by atoms with Crippen molar-refractivity contribution >= 4 is 23.7 Å². The lowest BCUT2D eigenvalue weighted by molar-refractivity contribution is -0.114. The van der Waals surface area contributed by atoms with Crippen molar-refractivity contribution in [2.45, 2.75) is 56.3 Å². The summed E-state index contributed by atoms with van der Waals surface area (Å²) in [4.78, 5) is 28.7. The van der Waals surface area contributed by atoms with Crippen LogP contribution in [0.1, 0.15) is 60.9 Å². The van der Waals surface area contributed by atoms with Gasteiger partial charge in [-0.1, -0.05) is 30.7 Å². The first-order chi connectivity index (χ1) is 17.5. The first-order valence-electron chi connectivity index (χ1n) is 13.0. The number of aliphatic hydroxyl groups is 1. The lowest BCUT2D eigenvalue weighted by Gasteiger charge is -2.48. The third kappa shape index (κ3) is 5.02. The fourth-order valence-corrected chi connectivity index (χ4v) is 6.33. The summed E-state index contributed by atoms with van der Waals surface area (Å²) in [5.74, 6) is 0.892. The van der Waals surface area contributed by atoms with Crippen molar-refractivity contribution in [3.63, 3.8) is 0 Å². The van der Waals surface area contributed by atoms with Crippen molar-refractivity contribution in [3.8, 4) is 0 Å². The molecule has 1 N–H and O–H groups in total. The number of hydrogen-bond acceptors (Lipinski definition) is 8. The molecule has 1 aromatic carbocycles. The first-order valence-corrected chi connectivity index (χ1v) is 13.4. The largest absolute Gasteiger partial charge is 0.387 e. The van der Waals surface area contributed by atoms with Crippen LogP contribution in [-0.4, -0.2) is 89.8 Å². The van der Waals surface area contributed by atoms with Crippen molar-refractivity contribution < 1.29 is 14.6 Å². The number of aliphatic hydroxyl groups excluding tert-OH is 1. The second kappa shape index (κ2) is 11.1. The fraction of sp³-hybridized carbons (Fsp3) is 0.593. The van der Waals surface area contributed by atoms with Gasteiger partial charge in [0.1, 0.15) is 18.4 Å². The maximum Gasteiger partial charge on any atom is 0.135 e. The Morgan fingerprint density at radius 1 is 1.14 bits per heavy atom. The van der Waals surface area contributed by atoms with E-state index in [0.29, 0.717) is 17.5 Å². The maximum atomic E-state index is 12.6. The Hall–Kier alpha value is -2.10. The first kappa shape index (κ1) is 25.5.